The van der Waals surface area contributed by atoms with Gasteiger partial charge in [0.1, 0.15) is 11.5 Å². The quantitative estimate of drug-likeness (QED) is 0.556. The summed E-state index contributed by atoms with van der Waals surface area (Å²) in [6.07, 6.45) is 9.02. The number of imidazole rings is 1. The van der Waals surface area contributed by atoms with E-state index >= 15 is 0 Å². The molecule has 0 aliphatic carbocycles. The standard InChI is InChI=1S/C18H18N6O2/c1-25-14-4-3-12(16(7-14)26-2)8-20-17-18-21-11-15(13-9-22-23-10-13)24(18)6-5-19-17/h3-7,9-11H,8H2,1-2H3,(H,19,20)(H,22,23). The lowest BCUT2D eigenvalue weighted by Crippen LogP contribution is -2.05. The fourth-order valence-electron chi connectivity index (χ4n) is 2.83. The van der Waals surface area contributed by atoms with Crippen molar-refractivity contribution in [2.24, 2.45) is 0 Å². The van der Waals surface area contributed by atoms with Gasteiger partial charge in [-0.15, -0.1) is 0 Å². The molecule has 0 aliphatic heterocycles. The first-order chi connectivity index (χ1) is 12.8. The van der Waals surface area contributed by atoms with Crippen LogP contribution in [0.5, 0.6) is 11.5 Å². The van der Waals surface area contributed by atoms with Gasteiger partial charge in [0.25, 0.3) is 0 Å². The lowest BCUT2D eigenvalue weighted by Gasteiger charge is -2.12. The Balaban J connectivity index is 1.62. The van der Waals surface area contributed by atoms with Gasteiger partial charge in [-0.3, -0.25) is 9.50 Å². The number of H-pyrrole nitrogens is 1. The van der Waals surface area contributed by atoms with Gasteiger partial charge < -0.3 is 14.8 Å². The minimum absolute atomic E-state index is 0.549. The molecule has 0 aliphatic rings. The molecule has 4 aromatic rings. The van der Waals surface area contributed by atoms with Crippen molar-refractivity contribution < 1.29 is 9.47 Å². The third-order valence-corrected chi connectivity index (χ3v) is 4.16. The van der Waals surface area contributed by atoms with Crippen molar-refractivity contribution >= 4 is 11.5 Å². The zero-order valence-corrected chi connectivity index (χ0v) is 14.4. The highest BCUT2D eigenvalue weighted by atomic mass is 16.5. The van der Waals surface area contributed by atoms with Crippen LogP contribution in [0.4, 0.5) is 5.82 Å². The van der Waals surface area contributed by atoms with Crippen LogP contribution in [0.25, 0.3) is 16.9 Å². The molecule has 0 saturated carbocycles. The average Bonchev–Trinajstić information content (AvgIpc) is 3.35. The monoisotopic (exact) mass is 350 g/mol. The maximum absolute atomic E-state index is 5.45. The molecular formula is C18H18N6O2. The van der Waals surface area contributed by atoms with Crippen LogP contribution in [-0.4, -0.2) is 38.8 Å². The van der Waals surface area contributed by atoms with Crippen LogP contribution in [0.3, 0.4) is 0 Å². The molecule has 4 rings (SSSR count). The van der Waals surface area contributed by atoms with Gasteiger partial charge in [-0.2, -0.15) is 5.10 Å². The van der Waals surface area contributed by atoms with Gasteiger partial charge in [0.15, 0.2) is 11.5 Å². The largest absolute Gasteiger partial charge is 0.497 e. The van der Waals surface area contributed by atoms with E-state index in [1.54, 1.807) is 32.8 Å². The average molecular weight is 350 g/mol. The van der Waals surface area contributed by atoms with E-state index in [4.69, 9.17) is 9.47 Å². The molecule has 0 saturated heterocycles. The highest BCUT2D eigenvalue weighted by molar-refractivity contribution is 5.70. The molecule has 0 amide bonds. The Morgan fingerprint density at radius 1 is 1.15 bits per heavy atom. The van der Waals surface area contributed by atoms with Crippen LogP contribution in [0.2, 0.25) is 0 Å². The SMILES string of the molecule is COc1ccc(CNc2nccn3c(-c4cn[nH]c4)cnc23)c(OC)c1. The van der Waals surface area contributed by atoms with Gasteiger partial charge in [-0.25, -0.2) is 9.97 Å². The molecule has 0 atom stereocenters. The van der Waals surface area contributed by atoms with Crippen molar-refractivity contribution in [2.45, 2.75) is 6.54 Å². The van der Waals surface area contributed by atoms with Crippen molar-refractivity contribution in [3.8, 4) is 22.8 Å². The smallest absolute Gasteiger partial charge is 0.180 e. The van der Waals surface area contributed by atoms with E-state index in [-0.39, 0.29) is 0 Å². The molecule has 2 N–H and O–H groups in total. The van der Waals surface area contributed by atoms with E-state index in [1.165, 1.54) is 0 Å². The van der Waals surface area contributed by atoms with Gasteiger partial charge in [0.2, 0.25) is 0 Å². The van der Waals surface area contributed by atoms with Crippen LogP contribution < -0.4 is 14.8 Å². The van der Waals surface area contributed by atoms with Crippen molar-refractivity contribution in [2.75, 3.05) is 19.5 Å². The molecule has 3 heterocycles. The number of ether oxygens (including phenoxy) is 2. The van der Waals surface area contributed by atoms with Crippen molar-refractivity contribution in [1.29, 1.82) is 0 Å². The molecule has 8 nitrogen and oxygen atoms in total. The summed E-state index contributed by atoms with van der Waals surface area (Å²) in [7, 11) is 3.27. The van der Waals surface area contributed by atoms with E-state index in [9.17, 15) is 0 Å². The van der Waals surface area contributed by atoms with Crippen LogP contribution in [0.1, 0.15) is 5.56 Å². The number of aromatic amines is 1. The van der Waals surface area contributed by atoms with Crippen LogP contribution in [0.15, 0.2) is 49.2 Å². The first-order valence-electron chi connectivity index (χ1n) is 8.06. The number of benzene rings is 1. The number of methoxy groups -OCH3 is 2. The molecule has 0 radical (unpaired) electrons. The third kappa shape index (κ3) is 2.81. The minimum atomic E-state index is 0.549. The van der Waals surface area contributed by atoms with E-state index < -0.39 is 0 Å². The first kappa shape index (κ1) is 15.9. The topological polar surface area (TPSA) is 89.4 Å². The molecule has 3 aromatic heterocycles. The summed E-state index contributed by atoms with van der Waals surface area (Å²) in [5.74, 6) is 2.20. The van der Waals surface area contributed by atoms with Crippen LogP contribution >= 0.6 is 0 Å². The van der Waals surface area contributed by atoms with E-state index in [0.29, 0.717) is 12.4 Å². The van der Waals surface area contributed by atoms with Gasteiger partial charge in [0.05, 0.1) is 32.3 Å². The fourth-order valence-corrected chi connectivity index (χ4v) is 2.83. The lowest BCUT2D eigenvalue weighted by molar-refractivity contribution is 0.391. The molecule has 0 unspecified atom stereocenters. The zero-order chi connectivity index (χ0) is 17.9. The number of hydrogen-bond acceptors (Lipinski definition) is 6. The Labute approximate surface area is 149 Å². The molecule has 8 heteroatoms. The van der Waals surface area contributed by atoms with E-state index in [2.05, 4.69) is 25.5 Å². The number of anilines is 1. The molecule has 0 bridgehead atoms. The Morgan fingerprint density at radius 3 is 2.85 bits per heavy atom. The molecule has 132 valence electrons. The molecule has 0 spiro atoms. The van der Waals surface area contributed by atoms with Gasteiger partial charge in [-0.05, 0) is 12.1 Å². The number of aromatic nitrogens is 5. The number of nitrogens with zero attached hydrogens (tertiary/aromatic N) is 4. The second-order valence-electron chi connectivity index (χ2n) is 5.63. The van der Waals surface area contributed by atoms with Gasteiger partial charge in [-0.1, -0.05) is 0 Å². The summed E-state index contributed by atoms with van der Waals surface area (Å²) in [6.45, 7) is 0.549. The van der Waals surface area contributed by atoms with Crippen molar-refractivity contribution in [3.05, 3.63) is 54.7 Å². The molecule has 26 heavy (non-hydrogen) atoms. The minimum Gasteiger partial charge on any atom is -0.497 e. The predicted octanol–water partition coefficient (Wildman–Crippen LogP) is 2.75. The van der Waals surface area contributed by atoms with Crippen molar-refractivity contribution in [3.63, 3.8) is 0 Å². The summed E-state index contributed by atoms with van der Waals surface area (Å²) in [4.78, 5) is 8.92. The molecule has 0 fully saturated rings. The second-order valence-corrected chi connectivity index (χ2v) is 5.63. The summed E-state index contributed by atoms with van der Waals surface area (Å²) in [5, 5.41) is 10.2. The summed E-state index contributed by atoms with van der Waals surface area (Å²) >= 11 is 0. The summed E-state index contributed by atoms with van der Waals surface area (Å²) < 4.78 is 12.7. The highest BCUT2D eigenvalue weighted by Gasteiger charge is 2.12. The molecular weight excluding hydrogens is 332 g/mol. The second kappa shape index (κ2) is 6.75. The third-order valence-electron chi connectivity index (χ3n) is 4.16. The first-order valence-corrected chi connectivity index (χ1v) is 8.06. The Bertz CT molecular complexity index is 1030. The Morgan fingerprint density at radius 2 is 2.08 bits per heavy atom. The zero-order valence-electron chi connectivity index (χ0n) is 14.4. The van der Waals surface area contributed by atoms with Gasteiger partial charge in [0, 0.05) is 42.3 Å². The van der Waals surface area contributed by atoms with E-state index in [1.807, 2.05) is 35.0 Å². The maximum atomic E-state index is 5.45. The van der Waals surface area contributed by atoms with Gasteiger partial charge >= 0.3 is 0 Å². The number of hydrogen-bond donors (Lipinski definition) is 2. The van der Waals surface area contributed by atoms with Crippen LogP contribution in [-0.2, 0) is 6.54 Å². The Hall–Kier alpha value is -3.55. The summed E-state index contributed by atoms with van der Waals surface area (Å²) in [6, 6.07) is 5.73. The number of nitrogens with one attached hydrogen (secondary N) is 2. The fraction of sp³-hybridized carbons (Fsp3) is 0.167. The van der Waals surface area contributed by atoms with Crippen molar-refractivity contribution in [1.82, 2.24) is 24.6 Å². The number of rotatable bonds is 6. The summed E-state index contributed by atoms with van der Waals surface area (Å²) in [5.41, 5.74) is 3.66. The maximum Gasteiger partial charge on any atom is 0.180 e. The van der Waals surface area contributed by atoms with E-state index in [0.717, 1.165) is 34.0 Å². The molecule has 1 aromatic carbocycles. The highest BCUT2D eigenvalue weighted by Crippen LogP contribution is 2.26. The lowest BCUT2D eigenvalue weighted by atomic mass is 10.2. The van der Waals surface area contributed by atoms with Crippen LogP contribution in [0, 0.1) is 0 Å². The number of fused-ring (bicyclic) bond motifs is 1. The normalized spacial score (nSPS) is 10.8. The predicted molar refractivity (Wildman–Crippen MR) is 97.4 cm³/mol. The Kier molecular flexibility index (Phi) is 4.14.